The second-order valence-electron chi connectivity index (χ2n) is 12.3. The highest BCUT2D eigenvalue weighted by molar-refractivity contribution is 6.11. The van der Waals surface area contributed by atoms with Crippen molar-refractivity contribution in [2.45, 2.75) is 0 Å². The fourth-order valence-electron chi connectivity index (χ4n) is 7.36. The summed E-state index contributed by atoms with van der Waals surface area (Å²) >= 11 is 0. The monoisotopic (exact) mass is 635 g/mol. The largest absolute Gasteiger partial charge is 0.309 e. The Hall–Kier alpha value is -7.39. The van der Waals surface area contributed by atoms with Crippen molar-refractivity contribution in [3.63, 3.8) is 0 Å². The summed E-state index contributed by atoms with van der Waals surface area (Å²) in [5.41, 5.74) is 11.7. The molecule has 0 bridgehead atoms. The first-order valence-corrected chi connectivity index (χ1v) is 16.3. The van der Waals surface area contributed by atoms with Gasteiger partial charge in [0.15, 0.2) is 0 Å². The molecule has 0 aliphatic heterocycles. The molecule has 7 aromatic carbocycles. The van der Waals surface area contributed by atoms with Crippen LogP contribution in [0.2, 0.25) is 0 Å². The molecule has 0 unspecified atom stereocenters. The van der Waals surface area contributed by atoms with Crippen molar-refractivity contribution in [3.8, 4) is 51.8 Å². The van der Waals surface area contributed by atoms with Gasteiger partial charge in [0, 0.05) is 27.1 Å². The van der Waals surface area contributed by atoms with Crippen LogP contribution in [0.3, 0.4) is 0 Å². The van der Waals surface area contributed by atoms with Crippen molar-refractivity contribution >= 4 is 43.6 Å². The predicted octanol–water partition coefficient (Wildman–Crippen LogP) is 10.8. The number of fused-ring (bicyclic) bond motifs is 6. The number of nitrogens with zero attached hydrogens (tertiary/aromatic N) is 5. The molecular weight excluding hydrogens is 611 g/mol. The SMILES string of the molecule is N#Cc1ccc2c(c1)c1cc(C#N)ccc1n2-c1ccc(-c2ccc(-c3ccccc3-n3c4ccccc4c4ccccc43)cc2)cc1C#N. The third kappa shape index (κ3) is 4.38. The van der Waals surface area contributed by atoms with Crippen LogP contribution in [0.1, 0.15) is 16.7 Å². The maximum absolute atomic E-state index is 10.4. The molecule has 0 aliphatic carbocycles. The second kappa shape index (κ2) is 11.4. The molecule has 0 spiro atoms. The molecule has 9 rings (SSSR count). The van der Waals surface area contributed by atoms with Crippen molar-refractivity contribution in [2.24, 2.45) is 0 Å². The number of hydrogen-bond donors (Lipinski definition) is 0. The van der Waals surface area contributed by atoms with E-state index in [4.69, 9.17) is 0 Å². The van der Waals surface area contributed by atoms with E-state index in [9.17, 15) is 15.8 Å². The second-order valence-corrected chi connectivity index (χ2v) is 12.3. The Morgan fingerprint density at radius 1 is 0.360 bits per heavy atom. The van der Waals surface area contributed by atoms with Gasteiger partial charge in [-0.15, -0.1) is 0 Å². The highest BCUT2D eigenvalue weighted by Gasteiger charge is 2.18. The van der Waals surface area contributed by atoms with Gasteiger partial charge in [0.1, 0.15) is 6.07 Å². The van der Waals surface area contributed by atoms with Crippen molar-refractivity contribution in [3.05, 3.63) is 168 Å². The number of para-hydroxylation sites is 3. The molecule has 0 saturated carbocycles. The van der Waals surface area contributed by atoms with E-state index in [-0.39, 0.29) is 0 Å². The van der Waals surface area contributed by atoms with Crippen molar-refractivity contribution < 1.29 is 0 Å². The first-order chi connectivity index (χ1) is 24.7. The topological polar surface area (TPSA) is 81.2 Å². The van der Waals surface area contributed by atoms with Gasteiger partial charge in [-0.25, -0.2) is 0 Å². The van der Waals surface area contributed by atoms with Crippen LogP contribution in [-0.2, 0) is 0 Å². The lowest BCUT2D eigenvalue weighted by Crippen LogP contribution is -1.98. The molecule has 0 saturated heterocycles. The molecule has 0 N–H and O–H groups in total. The minimum Gasteiger partial charge on any atom is -0.309 e. The van der Waals surface area contributed by atoms with E-state index in [1.807, 2.05) is 47.0 Å². The van der Waals surface area contributed by atoms with Crippen LogP contribution in [0.15, 0.2) is 152 Å². The maximum Gasteiger partial charge on any atom is 0.101 e. The van der Waals surface area contributed by atoms with Gasteiger partial charge in [0.05, 0.1) is 62.3 Å². The highest BCUT2D eigenvalue weighted by atomic mass is 15.0. The van der Waals surface area contributed by atoms with Crippen LogP contribution < -0.4 is 0 Å². The summed E-state index contributed by atoms with van der Waals surface area (Å²) < 4.78 is 4.40. The zero-order valence-electron chi connectivity index (χ0n) is 26.7. The molecule has 9 aromatic rings. The molecule has 0 radical (unpaired) electrons. The van der Waals surface area contributed by atoms with Crippen LogP contribution in [0.4, 0.5) is 0 Å². The Labute approximate surface area is 287 Å². The molecule has 2 aromatic heterocycles. The molecule has 0 amide bonds. The van der Waals surface area contributed by atoms with Crippen molar-refractivity contribution in [1.29, 1.82) is 15.8 Å². The van der Waals surface area contributed by atoms with E-state index in [0.29, 0.717) is 16.7 Å². The van der Waals surface area contributed by atoms with Crippen LogP contribution in [0.25, 0.3) is 77.2 Å². The molecular formula is C45H25N5. The number of benzene rings is 7. The summed E-state index contributed by atoms with van der Waals surface area (Å²) in [5, 5.41) is 33.7. The Bertz CT molecular complexity index is 2830. The Morgan fingerprint density at radius 2 is 0.860 bits per heavy atom. The quantitative estimate of drug-likeness (QED) is 0.193. The minimum atomic E-state index is 0.524. The molecule has 5 heteroatoms. The van der Waals surface area contributed by atoms with Crippen LogP contribution in [0.5, 0.6) is 0 Å². The lowest BCUT2D eigenvalue weighted by atomic mass is 9.97. The molecule has 0 fully saturated rings. The van der Waals surface area contributed by atoms with Crippen LogP contribution in [-0.4, -0.2) is 9.13 Å². The van der Waals surface area contributed by atoms with Gasteiger partial charge in [-0.1, -0.05) is 84.9 Å². The highest BCUT2D eigenvalue weighted by Crippen LogP contribution is 2.38. The number of rotatable bonds is 4. The first kappa shape index (κ1) is 28.8. The van der Waals surface area contributed by atoms with Gasteiger partial charge in [0.2, 0.25) is 0 Å². The number of nitriles is 3. The Kier molecular flexibility index (Phi) is 6.56. The molecule has 0 aliphatic rings. The molecule has 2 heterocycles. The lowest BCUT2D eigenvalue weighted by Gasteiger charge is -2.15. The van der Waals surface area contributed by atoms with Gasteiger partial charge in [-0.2, -0.15) is 15.8 Å². The molecule has 50 heavy (non-hydrogen) atoms. The maximum atomic E-state index is 10.4. The van der Waals surface area contributed by atoms with E-state index >= 15 is 0 Å². The third-order valence-corrected chi connectivity index (χ3v) is 9.64. The summed E-state index contributed by atoms with van der Waals surface area (Å²) in [4.78, 5) is 0. The summed E-state index contributed by atoms with van der Waals surface area (Å²) in [6.07, 6.45) is 0. The fourth-order valence-corrected chi connectivity index (χ4v) is 7.36. The Morgan fingerprint density at radius 3 is 1.46 bits per heavy atom. The normalized spacial score (nSPS) is 11.1. The van der Waals surface area contributed by atoms with Gasteiger partial charge < -0.3 is 9.13 Å². The Balaban J connectivity index is 1.13. The molecule has 0 atom stereocenters. The zero-order chi connectivity index (χ0) is 33.8. The third-order valence-electron chi connectivity index (χ3n) is 9.64. The smallest absolute Gasteiger partial charge is 0.101 e. The van der Waals surface area contributed by atoms with Crippen LogP contribution in [0, 0.1) is 34.0 Å². The van der Waals surface area contributed by atoms with Gasteiger partial charge in [-0.05, 0) is 83.4 Å². The lowest BCUT2D eigenvalue weighted by molar-refractivity contribution is 1.17. The first-order valence-electron chi connectivity index (χ1n) is 16.3. The number of hydrogen-bond acceptors (Lipinski definition) is 3. The van der Waals surface area contributed by atoms with E-state index in [1.54, 1.807) is 12.1 Å². The average molecular weight is 636 g/mol. The van der Waals surface area contributed by atoms with E-state index in [1.165, 1.54) is 21.8 Å². The zero-order valence-corrected chi connectivity index (χ0v) is 26.7. The summed E-state index contributed by atoms with van der Waals surface area (Å²) in [7, 11) is 0. The van der Waals surface area contributed by atoms with Crippen molar-refractivity contribution in [1.82, 2.24) is 9.13 Å². The predicted molar refractivity (Wildman–Crippen MR) is 200 cm³/mol. The van der Waals surface area contributed by atoms with Gasteiger partial charge in [0.25, 0.3) is 0 Å². The molecule has 230 valence electrons. The van der Waals surface area contributed by atoms with E-state index < -0.39 is 0 Å². The standard InChI is InChI=1S/C45H25N5/c46-26-29-13-20-44-38(23-29)39-24-30(27-47)14-21-45(39)49(44)40-22-19-33(25-34(40)28-48)31-15-17-32(18-16-31)35-7-1-4-10-41(35)50-42-11-5-2-8-36(42)37-9-3-6-12-43(37)50/h1-25H. The van der Waals surface area contributed by atoms with Gasteiger partial charge >= 0.3 is 0 Å². The fraction of sp³-hybridized carbons (Fsp3) is 0. The van der Waals surface area contributed by atoms with E-state index in [0.717, 1.165) is 55.4 Å². The summed E-state index contributed by atoms with van der Waals surface area (Å²) in [6, 6.07) is 58.0. The van der Waals surface area contributed by atoms with E-state index in [2.05, 4.69) is 120 Å². The number of aromatic nitrogens is 2. The van der Waals surface area contributed by atoms with Crippen molar-refractivity contribution in [2.75, 3.05) is 0 Å². The minimum absolute atomic E-state index is 0.524. The van der Waals surface area contributed by atoms with Gasteiger partial charge in [-0.3, -0.25) is 0 Å². The summed E-state index contributed by atoms with van der Waals surface area (Å²) in [6.45, 7) is 0. The van der Waals surface area contributed by atoms with Crippen LogP contribution >= 0.6 is 0 Å². The average Bonchev–Trinajstić information content (AvgIpc) is 3.69. The summed E-state index contributed by atoms with van der Waals surface area (Å²) in [5.74, 6) is 0. The molecule has 5 nitrogen and oxygen atoms in total.